The zero-order valence-electron chi connectivity index (χ0n) is 5.52. The maximum absolute atomic E-state index is 9.79. The Morgan fingerprint density at radius 2 is 2.33 bits per heavy atom. The van der Waals surface area contributed by atoms with Crippen LogP contribution in [0.5, 0.6) is 0 Å². The Labute approximate surface area is 96.7 Å². The molecule has 2 nitrogen and oxygen atoms in total. The average molecular weight is 150 g/mol. The van der Waals surface area contributed by atoms with Gasteiger partial charge in [0.2, 0.25) is 0 Å². The maximum atomic E-state index is 9.79. The Morgan fingerprint density at radius 3 is 2.67 bits per heavy atom. The minimum absolute atomic E-state index is 0. The monoisotopic (exact) mass is 150 g/mol. The van der Waals surface area contributed by atoms with E-state index in [9.17, 15) is 9.90 Å². The number of rotatable bonds is 3. The molecule has 1 aliphatic carbocycles. The summed E-state index contributed by atoms with van der Waals surface area (Å²) < 4.78 is 0. The van der Waals surface area contributed by atoms with Crippen LogP contribution in [0.4, 0.5) is 0 Å². The number of carboxylic acid groups (broad SMARTS) is 1. The Bertz CT molecular complexity index is 138. The number of hydrogen-bond donors (Lipinski definition) is 0. The van der Waals surface area contributed by atoms with Gasteiger partial charge in [-0.15, -0.1) is 0 Å². The van der Waals surface area contributed by atoms with Crippen LogP contribution >= 0.6 is 0 Å². The number of carbonyl (C=O) groups excluding carboxylic acids is 1. The molecule has 0 amide bonds. The van der Waals surface area contributed by atoms with Gasteiger partial charge < -0.3 is 9.90 Å². The van der Waals surface area contributed by atoms with E-state index in [1.807, 2.05) is 6.08 Å². The predicted octanol–water partition coefficient (Wildman–Crippen LogP) is -3.15. The smallest absolute Gasteiger partial charge is 0.550 e. The second-order valence-corrected chi connectivity index (χ2v) is 1.94. The van der Waals surface area contributed by atoms with Crippen molar-refractivity contribution < 1.29 is 61.3 Å². The second kappa shape index (κ2) is 4.63. The zero-order chi connectivity index (χ0) is 5.98. The van der Waals surface area contributed by atoms with E-state index in [4.69, 9.17) is 0 Å². The van der Waals surface area contributed by atoms with E-state index >= 15 is 0 Å². The molecule has 0 radical (unpaired) electrons. The first-order chi connectivity index (χ1) is 3.79. The topological polar surface area (TPSA) is 40.1 Å². The summed E-state index contributed by atoms with van der Waals surface area (Å²) in [5, 5.41) is 9.79. The second-order valence-electron chi connectivity index (χ2n) is 1.94. The van der Waals surface area contributed by atoms with Gasteiger partial charge in [-0.05, 0) is 19.3 Å². The van der Waals surface area contributed by atoms with Crippen molar-refractivity contribution in [1.29, 1.82) is 0 Å². The SMILES string of the molecule is O=C([O-])CCC1=CC1.[K+]. The van der Waals surface area contributed by atoms with Gasteiger partial charge in [0.25, 0.3) is 0 Å². The van der Waals surface area contributed by atoms with Gasteiger partial charge in [0.05, 0.1) is 0 Å². The molecule has 0 aromatic carbocycles. The number of carboxylic acids is 1. The molecule has 0 aromatic rings. The third-order valence-corrected chi connectivity index (χ3v) is 1.14. The van der Waals surface area contributed by atoms with Crippen LogP contribution in [-0.4, -0.2) is 5.97 Å². The van der Waals surface area contributed by atoms with Crippen molar-refractivity contribution in [1.82, 2.24) is 0 Å². The van der Waals surface area contributed by atoms with Crippen LogP contribution < -0.4 is 56.5 Å². The molecular weight excluding hydrogens is 143 g/mol. The molecule has 0 spiro atoms. The molecule has 44 valence electrons. The standard InChI is InChI=1S/C6H8O2.K/c7-6(8)4-3-5-1-2-5;/h1H,2-4H2,(H,7,8);/q;+1/p-1. The average Bonchev–Trinajstić information content (AvgIpc) is 2.41. The molecule has 0 bridgehead atoms. The van der Waals surface area contributed by atoms with Crippen molar-refractivity contribution in [3.8, 4) is 0 Å². The molecule has 1 aliphatic rings. The van der Waals surface area contributed by atoms with E-state index in [0.717, 1.165) is 6.42 Å². The van der Waals surface area contributed by atoms with Gasteiger partial charge in [-0.2, -0.15) is 0 Å². The molecule has 1 rings (SSSR count). The third kappa shape index (κ3) is 5.30. The van der Waals surface area contributed by atoms with Gasteiger partial charge in [0, 0.05) is 5.97 Å². The van der Waals surface area contributed by atoms with Gasteiger partial charge in [-0.3, -0.25) is 0 Å². The molecule has 0 saturated heterocycles. The summed E-state index contributed by atoms with van der Waals surface area (Å²) in [6.07, 6.45) is 3.93. The van der Waals surface area contributed by atoms with Crippen LogP contribution in [0.2, 0.25) is 0 Å². The van der Waals surface area contributed by atoms with Crippen molar-refractivity contribution in [2.75, 3.05) is 0 Å². The van der Waals surface area contributed by atoms with E-state index in [1.165, 1.54) is 5.57 Å². The van der Waals surface area contributed by atoms with E-state index in [0.29, 0.717) is 6.42 Å². The van der Waals surface area contributed by atoms with Crippen LogP contribution in [-0.2, 0) is 4.79 Å². The summed E-state index contributed by atoms with van der Waals surface area (Å²) in [4.78, 5) is 9.79. The van der Waals surface area contributed by atoms with E-state index < -0.39 is 5.97 Å². The zero-order valence-corrected chi connectivity index (χ0v) is 8.64. The molecule has 0 unspecified atom stereocenters. The Hall–Kier alpha value is 0.846. The number of hydrogen-bond acceptors (Lipinski definition) is 2. The van der Waals surface area contributed by atoms with Crippen LogP contribution in [0, 0.1) is 0 Å². The molecule has 0 N–H and O–H groups in total. The van der Waals surface area contributed by atoms with Crippen molar-refractivity contribution in [3.05, 3.63) is 11.6 Å². The van der Waals surface area contributed by atoms with Crippen molar-refractivity contribution >= 4 is 5.97 Å². The quantitative estimate of drug-likeness (QED) is 0.315. The van der Waals surface area contributed by atoms with Crippen molar-refractivity contribution in [3.63, 3.8) is 0 Å². The van der Waals surface area contributed by atoms with Gasteiger partial charge in [0.15, 0.2) is 0 Å². The Kier molecular flexibility index (Phi) is 5.06. The summed E-state index contributed by atoms with van der Waals surface area (Å²) in [5.41, 5.74) is 1.26. The summed E-state index contributed by atoms with van der Waals surface area (Å²) in [6.45, 7) is 0. The summed E-state index contributed by atoms with van der Waals surface area (Å²) in [6, 6.07) is 0. The Balaban J connectivity index is 0.000000640. The van der Waals surface area contributed by atoms with Gasteiger partial charge >= 0.3 is 51.4 Å². The molecule has 0 fully saturated rings. The summed E-state index contributed by atoms with van der Waals surface area (Å²) in [5.74, 6) is -0.946. The molecule has 9 heavy (non-hydrogen) atoms. The van der Waals surface area contributed by atoms with Crippen molar-refractivity contribution in [2.45, 2.75) is 19.3 Å². The largest absolute Gasteiger partial charge is 1.00 e. The molecule has 0 saturated carbocycles. The first-order valence-electron chi connectivity index (χ1n) is 2.67. The Morgan fingerprint density at radius 1 is 1.78 bits per heavy atom. The van der Waals surface area contributed by atoms with E-state index in [1.54, 1.807) is 0 Å². The fourth-order valence-corrected chi connectivity index (χ4v) is 0.539. The van der Waals surface area contributed by atoms with E-state index in [-0.39, 0.29) is 57.8 Å². The van der Waals surface area contributed by atoms with Crippen LogP contribution in [0.15, 0.2) is 11.6 Å². The third-order valence-electron chi connectivity index (χ3n) is 1.14. The van der Waals surface area contributed by atoms with Crippen LogP contribution in [0.25, 0.3) is 0 Å². The maximum Gasteiger partial charge on any atom is 1.00 e. The van der Waals surface area contributed by atoms with Gasteiger partial charge in [-0.25, -0.2) is 0 Å². The normalized spacial score (nSPS) is 13.6. The van der Waals surface area contributed by atoms with E-state index in [2.05, 4.69) is 0 Å². The number of allylic oxidation sites excluding steroid dienone is 2. The predicted molar refractivity (Wildman–Crippen MR) is 26.9 cm³/mol. The van der Waals surface area contributed by atoms with Crippen LogP contribution in [0.1, 0.15) is 19.3 Å². The summed E-state index contributed by atoms with van der Waals surface area (Å²) >= 11 is 0. The van der Waals surface area contributed by atoms with Crippen molar-refractivity contribution in [2.24, 2.45) is 0 Å². The first-order valence-corrected chi connectivity index (χ1v) is 2.67. The fourth-order valence-electron chi connectivity index (χ4n) is 0.539. The minimum Gasteiger partial charge on any atom is -0.550 e. The fraction of sp³-hybridized carbons (Fsp3) is 0.500. The first kappa shape index (κ1) is 9.85. The molecule has 0 atom stereocenters. The van der Waals surface area contributed by atoms with Gasteiger partial charge in [-0.1, -0.05) is 11.6 Å². The molecule has 0 aliphatic heterocycles. The van der Waals surface area contributed by atoms with Gasteiger partial charge in [0.1, 0.15) is 0 Å². The minimum atomic E-state index is -0.946. The van der Waals surface area contributed by atoms with Crippen LogP contribution in [0.3, 0.4) is 0 Å². The molecule has 0 aromatic heterocycles. The molecule has 0 heterocycles. The number of carbonyl (C=O) groups is 1. The number of aliphatic carboxylic acids is 1. The molecule has 3 heteroatoms. The molecular formula is C6H7KO2. The summed E-state index contributed by atoms with van der Waals surface area (Å²) in [7, 11) is 0.